The standard InChI is InChI=1S/C11H14N6O2/c1-17-15-11(14-16-17)13-10(18)7-19-9-4-2-8(6-12)3-5-9/h2-5H,6-7,12H2,1H3,(H,13,15,18). The molecule has 0 aliphatic carbocycles. The first-order chi connectivity index (χ1) is 9.17. The summed E-state index contributed by atoms with van der Waals surface area (Å²) < 4.78 is 5.31. The Morgan fingerprint density at radius 2 is 2.16 bits per heavy atom. The minimum atomic E-state index is -0.351. The number of hydrogen-bond acceptors (Lipinski definition) is 6. The lowest BCUT2D eigenvalue weighted by Gasteiger charge is -2.05. The summed E-state index contributed by atoms with van der Waals surface area (Å²) in [6.07, 6.45) is 0. The van der Waals surface area contributed by atoms with Crippen LogP contribution in [0.4, 0.5) is 5.95 Å². The van der Waals surface area contributed by atoms with Crippen molar-refractivity contribution in [2.45, 2.75) is 6.54 Å². The predicted octanol–water partition coefficient (Wildman–Crippen LogP) is -0.314. The quantitative estimate of drug-likeness (QED) is 0.765. The molecular formula is C11H14N6O2. The van der Waals surface area contributed by atoms with E-state index in [0.717, 1.165) is 5.56 Å². The lowest BCUT2D eigenvalue weighted by atomic mass is 10.2. The van der Waals surface area contributed by atoms with Crippen molar-refractivity contribution in [1.82, 2.24) is 20.2 Å². The molecule has 1 aromatic carbocycles. The molecule has 2 aromatic rings. The third-order valence-electron chi connectivity index (χ3n) is 2.29. The molecule has 0 bridgehead atoms. The van der Waals surface area contributed by atoms with Crippen LogP contribution in [0.5, 0.6) is 5.75 Å². The molecule has 0 fully saturated rings. The number of aromatic nitrogens is 4. The summed E-state index contributed by atoms with van der Waals surface area (Å²) in [5.74, 6) is 0.393. The Balaban J connectivity index is 1.82. The summed E-state index contributed by atoms with van der Waals surface area (Å²) in [6, 6.07) is 7.21. The Hall–Kier alpha value is -2.48. The van der Waals surface area contributed by atoms with Gasteiger partial charge in [0, 0.05) is 6.54 Å². The lowest BCUT2D eigenvalue weighted by Crippen LogP contribution is -2.21. The van der Waals surface area contributed by atoms with Gasteiger partial charge in [0.2, 0.25) is 0 Å². The van der Waals surface area contributed by atoms with E-state index in [-0.39, 0.29) is 18.5 Å². The van der Waals surface area contributed by atoms with Crippen molar-refractivity contribution >= 4 is 11.9 Å². The van der Waals surface area contributed by atoms with Crippen molar-refractivity contribution in [2.24, 2.45) is 12.8 Å². The Morgan fingerprint density at radius 3 is 2.74 bits per heavy atom. The number of nitrogens with two attached hydrogens (primary N) is 1. The normalized spacial score (nSPS) is 10.2. The van der Waals surface area contributed by atoms with Crippen LogP contribution >= 0.6 is 0 Å². The summed E-state index contributed by atoms with van der Waals surface area (Å²) in [5, 5.41) is 13.5. The first-order valence-corrected chi connectivity index (χ1v) is 5.63. The number of aryl methyl sites for hydroxylation is 1. The number of carbonyl (C=O) groups excluding carboxylic acids is 1. The van der Waals surface area contributed by atoms with Crippen LogP contribution in [-0.2, 0) is 18.4 Å². The third-order valence-corrected chi connectivity index (χ3v) is 2.29. The van der Waals surface area contributed by atoms with Gasteiger partial charge >= 0.3 is 0 Å². The molecule has 0 saturated heterocycles. The number of benzene rings is 1. The number of nitrogens with zero attached hydrogens (tertiary/aromatic N) is 4. The van der Waals surface area contributed by atoms with Gasteiger partial charge in [-0.25, -0.2) is 0 Å². The third kappa shape index (κ3) is 3.75. The van der Waals surface area contributed by atoms with Crippen LogP contribution in [0.2, 0.25) is 0 Å². The smallest absolute Gasteiger partial charge is 0.270 e. The molecule has 1 heterocycles. The molecule has 0 saturated carbocycles. The van der Waals surface area contributed by atoms with Crippen LogP contribution in [0.3, 0.4) is 0 Å². The fourth-order valence-electron chi connectivity index (χ4n) is 1.37. The highest BCUT2D eigenvalue weighted by atomic mass is 16.5. The van der Waals surface area contributed by atoms with E-state index in [1.807, 2.05) is 12.1 Å². The van der Waals surface area contributed by atoms with E-state index >= 15 is 0 Å². The van der Waals surface area contributed by atoms with Crippen molar-refractivity contribution in [3.05, 3.63) is 29.8 Å². The molecule has 8 nitrogen and oxygen atoms in total. The first-order valence-electron chi connectivity index (χ1n) is 5.63. The molecule has 19 heavy (non-hydrogen) atoms. The van der Waals surface area contributed by atoms with Gasteiger partial charge in [-0.3, -0.25) is 10.1 Å². The Bertz CT molecular complexity index is 551. The van der Waals surface area contributed by atoms with E-state index in [4.69, 9.17) is 10.5 Å². The second kappa shape index (κ2) is 5.91. The van der Waals surface area contributed by atoms with E-state index in [1.54, 1.807) is 19.2 Å². The number of rotatable bonds is 5. The molecule has 0 aliphatic heterocycles. The van der Waals surface area contributed by atoms with E-state index in [0.29, 0.717) is 12.3 Å². The number of anilines is 1. The molecule has 0 atom stereocenters. The zero-order valence-electron chi connectivity index (χ0n) is 10.4. The molecule has 0 unspecified atom stereocenters. The minimum Gasteiger partial charge on any atom is -0.484 e. The van der Waals surface area contributed by atoms with Gasteiger partial charge in [-0.15, -0.1) is 5.10 Å². The summed E-state index contributed by atoms with van der Waals surface area (Å²) in [5.41, 5.74) is 6.48. The number of hydrogen-bond donors (Lipinski definition) is 2. The van der Waals surface area contributed by atoms with Gasteiger partial charge in [-0.2, -0.15) is 4.80 Å². The number of carbonyl (C=O) groups is 1. The maximum absolute atomic E-state index is 11.5. The number of tetrazole rings is 1. The Kier molecular flexibility index (Phi) is 4.04. The summed E-state index contributed by atoms with van der Waals surface area (Å²) >= 11 is 0. The van der Waals surface area contributed by atoms with Gasteiger partial charge in [0.05, 0.1) is 7.05 Å². The van der Waals surface area contributed by atoms with Gasteiger partial charge in [0.25, 0.3) is 11.9 Å². The Morgan fingerprint density at radius 1 is 1.42 bits per heavy atom. The molecule has 1 amide bonds. The largest absolute Gasteiger partial charge is 0.484 e. The van der Waals surface area contributed by atoms with Crippen molar-refractivity contribution in [2.75, 3.05) is 11.9 Å². The van der Waals surface area contributed by atoms with Crippen LogP contribution in [-0.4, -0.2) is 32.7 Å². The van der Waals surface area contributed by atoms with Crippen molar-refractivity contribution in [1.29, 1.82) is 0 Å². The molecule has 8 heteroatoms. The molecule has 1 aromatic heterocycles. The summed E-state index contributed by atoms with van der Waals surface area (Å²) in [7, 11) is 1.61. The van der Waals surface area contributed by atoms with Crippen molar-refractivity contribution in [3.8, 4) is 5.75 Å². The molecule has 0 aliphatic rings. The molecule has 2 rings (SSSR count). The average Bonchev–Trinajstić information content (AvgIpc) is 2.82. The minimum absolute atomic E-state index is 0.125. The predicted molar refractivity (Wildman–Crippen MR) is 67.3 cm³/mol. The molecule has 3 N–H and O–H groups in total. The highest BCUT2D eigenvalue weighted by Gasteiger charge is 2.07. The van der Waals surface area contributed by atoms with Gasteiger partial charge in [0.1, 0.15) is 5.75 Å². The van der Waals surface area contributed by atoms with Crippen LogP contribution in [0.25, 0.3) is 0 Å². The molecular weight excluding hydrogens is 248 g/mol. The van der Waals surface area contributed by atoms with Crippen LogP contribution in [0.1, 0.15) is 5.56 Å². The topological polar surface area (TPSA) is 108 Å². The zero-order valence-corrected chi connectivity index (χ0v) is 10.4. The second-order valence-corrected chi connectivity index (χ2v) is 3.79. The first kappa shape index (κ1) is 13.0. The fourth-order valence-corrected chi connectivity index (χ4v) is 1.37. The van der Waals surface area contributed by atoms with Crippen molar-refractivity contribution < 1.29 is 9.53 Å². The summed E-state index contributed by atoms with van der Waals surface area (Å²) in [4.78, 5) is 12.8. The maximum Gasteiger partial charge on any atom is 0.270 e. The highest BCUT2D eigenvalue weighted by Crippen LogP contribution is 2.11. The fraction of sp³-hybridized carbons (Fsp3) is 0.273. The SMILES string of the molecule is Cn1nnc(NC(=O)COc2ccc(CN)cc2)n1. The molecule has 0 radical (unpaired) electrons. The van der Waals surface area contributed by atoms with E-state index in [1.165, 1.54) is 4.80 Å². The van der Waals surface area contributed by atoms with E-state index in [9.17, 15) is 4.79 Å². The van der Waals surface area contributed by atoms with Gasteiger partial charge in [-0.1, -0.05) is 17.2 Å². The Labute approximate surface area is 109 Å². The van der Waals surface area contributed by atoms with Gasteiger partial charge in [-0.05, 0) is 22.9 Å². The van der Waals surface area contributed by atoms with Crippen LogP contribution < -0.4 is 15.8 Å². The average molecular weight is 262 g/mol. The van der Waals surface area contributed by atoms with E-state index < -0.39 is 0 Å². The second-order valence-electron chi connectivity index (χ2n) is 3.79. The molecule has 100 valence electrons. The lowest BCUT2D eigenvalue weighted by molar-refractivity contribution is -0.118. The zero-order chi connectivity index (χ0) is 13.7. The number of amides is 1. The van der Waals surface area contributed by atoms with Crippen LogP contribution in [0, 0.1) is 0 Å². The monoisotopic (exact) mass is 262 g/mol. The van der Waals surface area contributed by atoms with Gasteiger partial charge < -0.3 is 10.5 Å². The maximum atomic E-state index is 11.5. The number of nitrogens with one attached hydrogen (secondary N) is 1. The highest BCUT2D eigenvalue weighted by molar-refractivity contribution is 5.90. The number of ether oxygens (including phenoxy) is 1. The molecule has 0 spiro atoms. The van der Waals surface area contributed by atoms with Gasteiger partial charge in [0.15, 0.2) is 6.61 Å². The van der Waals surface area contributed by atoms with Crippen molar-refractivity contribution in [3.63, 3.8) is 0 Å². The van der Waals surface area contributed by atoms with E-state index in [2.05, 4.69) is 20.7 Å². The van der Waals surface area contributed by atoms with Crippen LogP contribution in [0.15, 0.2) is 24.3 Å². The summed E-state index contributed by atoms with van der Waals surface area (Å²) in [6.45, 7) is 0.347.